The first-order chi connectivity index (χ1) is 8.56. The van der Waals surface area contributed by atoms with Gasteiger partial charge in [-0.3, -0.25) is 0 Å². The van der Waals surface area contributed by atoms with E-state index in [4.69, 9.17) is 28.3 Å². The lowest BCUT2D eigenvalue weighted by atomic mass is 10.2. The lowest BCUT2D eigenvalue weighted by Crippen LogP contribution is -2.00. The van der Waals surface area contributed by atoms with E-state index in [2.05, 4.69) is 15.5 Å². The Bertz CT molecular complexity index is 587. The van der Waals surface area contributed by atoms with Gasteiger partial charge in [-0.2, -0.15) is 0 Å². The van der Waals surface area contributed by atoms with Gasteiger partial charge in [0.25, 0.3) is 0 Å². The number of aromatic nitrogens is 2. The van der Waals surface area contributed by atoms with Gasteiger partial charge in [0.05, 0.1) is 10.6 Å². The first kappa shape index (κ1) is 12.6. The summed E-state index contributed by atoms with van der Waals surface area (Å²) in [7, 11) is 0. The Morgan fingerprint density at radius 1 is 1.17 bits per heavy atom. The fraction of sp³-hybridized carbons (Fsp3) is 0. The number of aromatic carboxylic acids is 1. The molecule has 0 bridgehead atoms. The summed E-state index contributed by atoms with van der Waals surface area (Å²) in [4.78, 5) is 10.9. The normalized spacial score (nSPS) is 10.1. The number of carboxylic acid groups (broad SMARTS) is 1. The van der Waals surface area contributed by atoms with Crippen molar-refractivity contribution in [1.82, 2.24) is 10.2 Å². The maximum absolute atomic E-state index is 10.9. The van der Waals surface area contributed by atoms with E-state index in [1.165, 1.54) is 12.1 Å². The van der Waals surface area contributed by atoms with Gasteiger partial charge in [0.1, 0.15) is 0 Å². The van der Waals surface area contributed by atoms with E-state index in [1.807, 2.05) is 0 Å². The summed E-state index contributed by atoms with van der Waals surface area (Å²) in [6, 6.07) is 7.76. The van der Waals surface area contributed by atoms with Crippen LogP contribution in [0, 0.1) is 0 Å². The van der Waals surface area contributed by atoms with Crippen LogP contribution in [0.25, 0.3) is 0 Å². The van der Waals surface area contributed by atoms with Gasteiger partial charge in [-0.1, -0.05) is 23.2 Å². The maximum atomic E-state index is 10.9. The third-order valence-corrected chi connectivity index (χ3v) is 2.63. The molecular formula is C11H7Cl2N3O2. The van der Waals surface area contributed by atoms with Gasteiger partial charge < -0.3 is 10.4 Å². The molecule has 0 amide bonds. The Labute approximate surface area is 112 Å². The molecule has 2 aromatic rings. The van der Waals surface area contributed by atoms with E-state index in [9.17, 15) is 4.79 Å². The smallest absolute Gasteiger partial charge is 0.337 e. The molecule has 2 rings (SSSR count). The van der Waals surface area contributed by atoms with Crippen molar-refractivity contribution >= 4 is 40.7 Å². The lowest BCUT2D eigenvalue weighted by Gasteiger charge is -2.06. The second-order valence-corrected chi connectivity index (χ2v) is 4.16. The van der Waals surface area contributed by atoms with Gasteiger partial charge in [-0.05, 0) is 30.3 Å². The molecule has 0 radical (unpaired) electrons. The number of carbonyl (C=O) groups is 1. The predicted molar refractivity (Wildman–Crippen MR) is 68.7 cm³/mol. The van der Waals surface area contributed by atoms with E-state index < -0.39 is 5.97 Å². The highest BCUT2D eigenvalue weighted by Gasteiger charge is 2.09. The van der Waals surface area contributed by atoms with Crippen molar-refractivity contribution in [3.63, 3.8) is 0 Å². The van der Waals surface area contributed by atoms with Crippen LogP contribution in [0.4, 0.5) is 11.5 Å². The zero-order valence-electron chi connectivity index (χ0n) is 8.89. The molecule has 0 unspecified atom stereocenters. The third-order valence-electron chi connectivity index (χ3n) is 2.10. The number of carboxylic acids is 1. The van der Waals surface area contributed by atoms with Crippen LogP contribution in [0.15, 0.2) is 30.3 Å². The van der Waals surface area contributed by atoms with Crippen LogP contribution in [0.2, 0.25) is 10.2 Å². The maximum Gasteiger partial charge on any atom is 0.337 e. The molecule has 5 nitrogen and oxygen atoms in total. The fourth-order valence-electron chi connectivity index (χ4n) is 1.30. The number of hydrogen-bond donors (Lipinski definition) is 2. The van der Waals surface area contributed by atoms with Crippen LogP contribution in [0.1, 0.15) is 10.4 Å². The molecule has 1 heterocycles. The standard InChI is InChI=1S/C11H7Cl2N3O2/c12-8-2-1-6(5-7(8)11(17)18)14-10-4-3-9(13)15-16-10/h1-5H,(H,14,16)(H,17,18). The van der Waals surface area contributed by atoms with E-state index in [0.717, 1.165) is 0 Å². The molecule has 0 spiro atoms. The number of nitrogens with zero attached hydrogens (tertiary/aromatic N) is 2. The van der Waals surface area contributed by atoms with Gasteiger partial charge in [-0.15, -0.1) is 10.2 Å². The molecule has 0 saturated heterocycles. The summed E-state index contributed by atoms with van der Waals surface area (Å²) < 4.78 is 0. The summed E-state index contributed by atoms with van der Waals surface area (Å²) in [6.45, 7) is 0. The van der Waals surface area contributed by atoms with Crippen molar-refractivity contribution < 1.29 is 9.90 Å². The minimum Gasteiger partial charge on any atom is -0.478 e. The molecule has 0 aliphatic heterocycles. The monoisotopic (exact) mass is 283 g/mol. The van der Waals surface area contributed by atoms with Gasteiger partial charge in [0.2, 0.25) is 0 Å². The molecular weight excluding hydrogens is 277 g/mol. The Morgan fingerprint density at radius 2 is 1.94 bits per heavy atom. The molecule has 18 heavy (non-hydrogen) atoms. The third kappa shape index (κ3) is 2.88. The number of benzene rings is 1. The van der Waals surface area contributed by atoms with Crippen molar-refractivity contribution in [2.45, 2.75) is 0 Å². The van der Waals surface area contributed by atoms with Crippen LogP contribution in [-0.2, 0) is 0 Å². The minimum atomic E-state index is -1.09. The van der Waals surface area contributed by atoms with E-state index in [0.29, 0.717) is 11.5 Å². The van der Waals surface area contributed by atoms with Crippen LogP contribution in [0.3, 0.4) is 0 Å². The zero-order chi connectivity index (χ0) is 13.1. The SMILES string of the molecule is O=C(O)c1cc(Nc2ccc(Cl)nn2)ccc1Cl. The summed E-state index contributed by atoms with van der Waals surface area (Å²) in [6.07, 6.45) is 0. The van der Waals surface area contributed by atoms with E-state index in [-0.39, 0.29) is 15.7 Å². The largest absolute Gasteiger partial charge is 0.478 e. The first-order valence-electron chi connectivity index (χ1n) is 4.85. The van der Waals surface area contributed by atoms with Crippen molar-refractivity contribution in [3.05, 3.63) is 46.1 Å². The Kier molecular flexibility index (Phi) is 3.64. The number of rotatable bonds is 3. The number of anilines is 2. The quantitative estimate of drug-likeness (QED) is 0.905. The molecule has 0 saturated carbocycles. The average Bonchev–Trinajstić information content (AvgIpc) is 2.34. The summed E-state index contributed by atoms with van der Waals surface area (Å²) in [5, 5.41) is 19.7. The fourth-order valence-corrected chi connectivity index (χ4v) is 1.60. The molecule has 0 fully saturated rings. The highest BCUT2D eigenvalue weighted by Crippen LogP contribution is 2.22. The number of nitrogens with one attached hydrogen (secondary N) is 1. The molecule has 0 aliphatic rings. The van der Waals surface area contributed by atoms with Crippen LogP contribution < -0.4 is 5.32 Å². The van der Waals surface area contributed by atoms with Crippen molar-refractivity contribution in [2.24, 2.45) is 0 Å². The minimum absolute atomic E-state index is 0.0172. The molecule has 7 heteroatoms. The van der Waals surface area contributed by atoms with Gasteiger partial charge in [0, 0.05) is 5.69 Å². The highest BCUT2D eigenvalue weighted by atomic mass is 35.5. The van der Waals surface area contributed by atoms with E-state index in [1.54, 1.807) is 18.2 Å². The molecule has 0 aliphatic carbocycles. The molecule has 1 aromatic heterocycles. The predicted octanol–water partition coefficient (Wildman–Crippen LogP) is 3.23. The van der Waals surface area contributed by atoms with Gasteiger partial charge in [-0.25, -0.2) is 4.79 Å². The first-order valence-corrected chi connectivity index (χ1v) is 5.61. The molecule has 0 atom stereocenters. The molecule has 1 aromatic carbocycles. The Hall–Kier alpha value is -1.85. The van der Waals surface area contributed by atoms with Crippen molar-refractivity contribution in [3.8, 4) is 0 Å². The van der Waals surface area contributed by atoms with Crippen molar-refractivity contribution in [1.29, 1.82) is 0 Å². The van der Waals surface area contributed by atoms with Crippen LogP contribution in [0.5, 0.6) is 0 Å². The Morgan fingerprint density at radius 3 is 2.56 bits per heavy atom. The summed E-state index contributed by atoms with van der Waals surface area (Å²) >= 11 is 11.4. The second-order valence-electron chi connectivity index (χ2n) is 3.37. The van der Waals surface area contributed by atoms with Crippen molar-refractivity contribution in [2.75, 3.05) is 5.32 Å². The number of hydrogen-bond acceptors (Lipinski definition) is 4. The second kappa shape index (κ2) is 5.20. The van der Waals surface area contributed by atoms with E-state index >= 15 is 0 Å². The average molecular weight is 284 g/mol. The summed E-state index contributed by atoms with van der Waals surface area (Å²) in [5.41, 5.74) is 0.567. The van der Waals surface area contributed by atoms with Gasteiger partial charge in [0.15, 0.2) is 11.0 Å². The highest BCUT2D eigenvalue weighted by molar-refractivity contribution is 6.33. The van der Waals surface area contributed by atoms with Gasteiger partial charge >= 0.3 is 5.97 Å². The summed E-state index contributed by atoms with van der Waals surface area (Å²) in [5.74, 6) is -0.635. The Balaban J connectivity index is 2.27. The topological polar surface area (TPSA) is 75.1 Å². The number of halogens is 2. The van der Waals surface area contributed by atoms with Crippen LogP contribution in [-0.4, -0.2) is 21.3 Å². The zero-order valence-corrected chi connectivity index (χ0v) is 10.4. The van der Waals surface area contributed by atoms with Crippen LogP contribution >= 0.6 is 23.2 Å². The molecule has 2 N–H and O–H groups in total. The lowest BCUT2D eigenvalue weighted by molar-refractivity contribution is 0.0697. The molecule has 92 valence electrons.